The summed E-state index contributed by atoms with van der Waals surface area (Å²) in [5, 5.41) is 0.180. The van der Waals surface area contributed by atoms with Gasteiger partial charge in [0.1, 0.15) is 5.82 Å². The molecule has 6 heteroatoms. The van der Waals surface area contributed by atoms with Gasteiger partial charge in [0.25, 0.3) is 10.0 Å². The van der Waals surface area contributed by atoms with Crippen LogP contribution in [0.2, 0.25) is 0 Å². The molecular formula is C11H19N3O2S. The van der Waals surface area contributed by atoms with Crippen LogP contribution < -0.4 is 0 Å². The summed E-state index contributed by atoms with van der Waals surface area (Å²) < 4.78 is 28.0. The van der Waals surface area contributed by atoms with Crippen molar-refractivity contribution in [3.05, 3.63) is 12.0 Å². The first-order chi connectivity index (χ1) is 8.01. The molecule has 2 heterocycles. The van der Waals surface area contributed by atoms with Gasteiger partial charge in [0, 0.05) is 26.3 Å². The van der Waals surface area contributed by atoms with Crippen molar-refractivity contribution in [1.29, 1.82) is 0 Å². The third-order valence-electron chi connectivity index (χ3n) is 3.26. The van der Waals surface area contributed by atoms with Gasteiger partial charge in [0.2, 0.25) is 0 Å². The smallest absolute Gasteiger partial charge is 0.262 e. The second kappa shape index (κ2) is 4.78. The third kappa shape index (κ3) is 2.52. The first-order valence-electron chi connectivity index (χ1n) is 6.02. The van der Waals surface area contributed by atoms with E-state index in [0.717, 1.165) is 31.5 Å². The minimum atomic E-state index is -3.39. The van der Waals surface area contributed by atoms with E-state index in [2.05, 4.69) is 4.98 Å². The topological polar surface area (TPSA) is 55.2 Å². The number of aryl methyl sites for hydroxylation is 2. The molecule has 17 heavy (non-hydrogen) atoms. The molecule has 0 radical (unpaired) electrons. The van der Waals surface area contributed by atoms with Crippen molar-refractivity contribution in [2.24, 2.45) is 7.05 Å². The normalized spacial score (nSPS) is 19.2. The van der Waals surface area contributed by atoms with Crippen molar-refractivity contribution >= 4 is 10.0 Å². The molecule has 5 nitrogen and oxygen atoms in total. The van der Waals surface area contributed by atoms with Crippen LogP contribution in [0.25, 0.3) is 0 Å². The Bertz CT molecular complexity index is 465. The van der Waals surface area contributed by atoms with Crippen LogP contribution in [-0.2, 0) is 17.1 Å². The lowest BCUT2D eigenvalue weighted by molar-refractivity contribution is 0.422. The van der Waals surface area contributed by atoms with Gasteiger partial charge < -0.3 is 4.57 Å². The molecule has 0 N–H and O–H groups in total. The molecule has 96 valence electrons. The lowest BCUT2D eigenvalue weighted by atomic mass is 10.2. The highest BCUT2D eigenvalue weighted by Gasteiger charge is 2.27. The standard InChI is InChI=1S/C11H19N3O2S/c1-10-12-11(9-13(10)2)17(15,16)14-7-5-3-4-6-8-14/h9H,3-8H2,1-2H3. The molecule has 1 aliphatic rings. The van der Waals surface area contributed by atoms with Crippen molar-refractivity contribution in [3.63, 3.8) is 0 Å². The Kier molecular flexibility index (Phi) is 3.53. The summed E-state index contributed by atoms with van der Waals surface area (Å²) in [5.41, 5.74) is 0. The predicted octanol–water partition coefficient (Wildman–Crippen LogP) is 1.29. The number of hydrogen-bond donors (Lipinski definition) is 0. The van der Waals surface area contributed by atoms with Gasteiger partial charge in [-0.3, -0.25) is 0 Å². The number of aromatic nitrogens is 2. The van der Waals surface area contributed by atoms with Crippen LogP contribution in [0.15, 0.2) is 11.2 Å². The lowest BCUT2D eigenvalue weighted by Crippen LogP contribution is -2.32. The lowest BCUT2D eigenvalue weighted by Gasteiger charge is -2.18. The maximum atomic E-state index is 12.4. The summed E-state index contributed by atoms with van der Waals surface area (Å²) in [6.45, 7) is 3.05. The van der Waals surface area contributed by atoms with Gasteiger partial charge in [0.15, 0.2) is 5.03 Å². The quantitative estimate of drug-likeness (QED) is 0.802. The maximum Gasteiger partial charge on any atom is 0.262 e. The number of nitrogens with zero attached hydrogens (tertiary/aromatic N) is 3. The van der Waals surface area contributed by atoms with Crippen molar-refractivity contribution in [2.45, 2.75) is 37.6 Å². The third-order valence-corrected chi connectivity index (χ3v) is 5.03. The average Bonchev–Trinajstić information content (AvgIpc) is 2.54. The van der Waals surface area contributed by atoms with Gasteiger partial charge in [0.05, 0.1) is 0 Å². The maximum absolute atomic E-state index is 12.4. The van der Waals surface area contributed by atoms with Crippen molar-refractivity contribution in [3.8, 4) is 0 Å². The molecule has 0 bridgehead atoms. The summed E-state index contributed by atoms with van der Waals surface area (Å²) in [6, 6.07) is 0. The van der Waals surface area contributed by atoms with Crippen molar-refractivity contribution in [1.82, 2.24) is 13.9 Å². The van der Waals surface area contributed by atoms with Gasteiger partial charge in [-0.15, -0.1) is 0 Å². The van der Waals surface area contributed by atoms with E-state index in [1.165, 1.54) is 0 Å². The second-order valence-corrected chi connectivity index (χ2v) is 6.44. The van der Waals surface area contributed by atoms with Crippen LogP contribution in [0.5, 0.6) is 0 Å². The minimum absolute atomic E-state index is 0.180. The Hall–Kier alpha value is -0.880. The molecule has 1 aliphatic heterocycles. The van der Waals surface area contributed by atoms with Gasteiger partial charge in [-0.25, -0.2) is 13.4 Å². The van der Waals surface area contributed by atoms with E-state index < -0.39 is 10.0 Å². The SMILES string of the molecule is Cc1nc(S(=O)(=O)N2CCCCCC2)cn1C. The minimum Gasteiger partial charge on any atom is -0.337 e. The van der Waals surface area contributed by atoms with Crippen LogP contribution >= 0.6 is 0 Å². The molecular weight excluding hydrogens is 238 g/mol. The zero-order valence-corrected chi connectivity index (χ0v) is 11.2. The monoisotopic (exact) mass is 257 g/mol. The zero-order valence-electron chi connectivity index (χ0n) is 10.4. The second-order valence-electron chi connectivity index (χ2n) is 4.56. The van der Waals surface area contributed by atoms with Crippen LogP contribution in [0, 0.1) is 6.92 Å². The Morgan fingerprint density at radius 3 is 2.24 bits per heavy atom. The molecule has 0 spiro atoms. The number of sulfonamides is 1. The van der Waals surface area contributed by atoms with E-state index in [-0.39, 0.29) is 5.03 Å². The molecule has 0 atom stereocenters. The van der Waals surface area contributed by atoms with Gasteiger partial charge in [-0.2, -0.15) is 4.31 Å². The van der Waals surface area contributed by atoms with E-state index in [9.17, 15) is 8.42 Å². The van der Waals surface area contributed by atoms with Crippen LogP contribution in [0.4, 0.5) is 0 Å². The number of rotatable bonds is 2. The fourth-order valence-electron chi connectivity index (χ4n) is 2.06. The van der Waals surface area contributed by atoms with Crippen molar-refractivity contribution in [2.75, 3.05) is 13.1 Å². The predicted molar refractivity (Wildman–Crippen MR) is 65.2 cm³/mol. The Balaban J connectivity index is 2.28. The highest BCUT2D eigenvalue weighted by atomic mass is 32.2. The van der Waals surface area contributed by atoms with Crippen LogP contribution in [-0.4, -0.2) is 35.4 Å². The summed E-state index contributed by atoms with van der Waals surface area (Å²) in [6.07, 6.45) is 5.73. The highest BCUT2D eigenvalue weighted by molar-refractivity contribution is 7.89. The first kappa shape index (κ1) is 12.6. The molecule has 1 aromatic heterocycles. The van der Waals surface area contributed by atoms with Crippen LogP contribution in [0.3, 0.4) is 0 Å². The van der Waals surface area contributed by atoms with Crippen molar-refractivity contribution < 1.29 is 8.42 Å². The fourth-order valence-corrected chi connectivity index (χ4v) is 3.61. The summed E-state index contributed by atoms with van der Waals surface area (Å²) in [5.74, 6) is 0.721. The molecule has 0 amide bonds. The zero-order chi connectivity index (χ0) is 12.5. The number of imidazole rings is 1. The van der Waals surface area contributed by atoms with Crippen LogP contribution in [0.1, 0.15) is 31.5 Å². The number of hydrogen-bond acceptors (Lipinski definition) is 3. The first-order valence-corrected chi connectivity index (χ1v) is 7.46. The largest absolute Gasteiger partial charge is 0.337 e. The molecule has 1 fully saturated rings. The molecule has 2 rings (SSSR count). The summed E-state index contributed by atoms with van der Waals surface area (Å²) in [4.78, 5) is 4.12. The van der Waals surface area contributed by atoms with Gasteiger partial charge in [-0.1, -0.05) is 12.8 Å². The van der Waals surface area contributed by atoms with E-state index in [1.54, 1.807) is 22.0 Å². The molecule has 1 saturated heterocycles. The molecule has 0 saturated carbocycles. The van der Waals surface area contributed by atoms with E-state index >= 15 is 0 Å². The van der Waals surface area contributed by atoms with E-state index in [1.807, 2.05) is 7.05 Å². The Morgan fingerprint density at radius 1 is 1.18 bits per heavy atom. The Morgan fingerprint density at radius 2 is 1.76 bits per heavy atom. The van der Waals surface area contributed by atoms with E-state index in [0.29, 0.717) is 13.1 Å². The Labute approximate surface area is 103 Å². The summed E-state index contributed by atoms with van der Waals surface area (Å²) >= 11 is 0. The molecule has 0 aliphatic carbocycles. The van der Waals surface area contributed by atoms with Gasteiger partial charge in [-0.05, 0) is 19.8 Å². The fraction of sp³-hybridized carbons (Fsp3) is 0.727. The van der Waals surface area contributed by atoms with Gasteiger partial charge >= 0.3 is 0 Å². The molecule has 0 aromatic carbocycles. The average molecular weight is 257 g/mol. The van der Waals surface area contributed by atoms with E-state index in [4.69, 9.17) is 0 Å². The molecule has 0 unspecified atom stereocenters. The highest BCUT2D eigenvalue weighted by Crippen LogP contribution is 2.19. The molecule has 1 aromatic rings. The summed E-state index contributed by atoms with van der Waals surface area (Å²) in [7, 11) is -1.58.